The van der Waals surface area contributed by atoms with Crippen molar-refractivity contribution in [2.75, 3.05) is 46.5 Å². The van der Waals surface area contributed by atoms with E-state index in [9.17, 15) is 19.8 Å². The number of aromatic nitrogens is 2. The number of nitrogens with zero attached hydrogens (tertiary/aromatic N) is 4. The zero-order valence-corrected chi connectivity index (χ0v) is 18.1. The average molecular weight is 427 g/mol. The van der Waals surface area contributed by atoms with Crippen LogP contribution in [0.15, 0.2) is 12.5 Å². The Kier molecular flexibility index (Phi) is 9.70. The van der Waals surface area contributed by atoms with Crippen LogP contribution < -0.4 is 0 Å². The standard InChI is InChI=1S/C20H34N4O6/c1-15(25)24-9-6-8-23(20(28)16-11-21-14-22(16)2)7-4-5-10-30-13-17(26)19(27)18(12-24)29-3/h11,14,17-19,26-27H,4-10,12-13H2,1-3H3/t17-,18-,19-/m0/s1. The van der Waals surface area contributed by atoms with Gasteiger partial charge in [-0.15, -0.1) is 0 Å². The van der Waals surface area contributed by atoms with E-state index in [1.54, 1.807) is 33.9 Å². The first kappa shape index (κ1) is 24.3. The van der Waals surface area contributed by atoms with Gasteiger partial charge in [0.25, 0.3) is 5.91 Å². The van der Waals surface area contributed by atoms with E-state index in [4.69, 9.17) is 9.47 Å². The van der Waals surface area contributed by atoms with Crippen molar-refractivity contribution in [1.29, 1.82) is 0 Å². The molecule has 0 aliphatic carbocycles. The summed E-state index contributed by atoms with van der Waals surface area (Å²) in [5, 5.41) is 20.6. The second kappa shape index (κ2) is 12.0. The van der Waals surface area contributed by atoms with E-state index in [2.05, 4.69) is 4.98 Å². The summed E-state index contributed by atoms with van der Waals surface area (Å²) >= 11 is 0. The third-order valence-corrected chi connectivity index (χ3v) is 5.36. The molecular formula is C20H34N4O6. The third-order valence-electron chi connectivity index (χ3n) is 5.36. The molecule has 2 rings (SSSR count). The number of aryl methyl sites for hydroxylation is 1. The zero-order chi connectivity index (χ0) is 22.1. The maximum atomic E-state index is 12.9. The molecule has 0 spiro atoms. The lowest BCUT2D eigenvalue weighted by atomic mass is 10.1. The molecule has 0 saturated carbocycles. The van der Waals surface area contributed by atoms with Crippen LogP contribution in [0.25, 0.3) is 0 Å². The van der Waals surface area contributed by atoms with Crippen LogP contribution in [0.5, 0.6) is 0 Å². The van der Waals surface area contributed by atoms with Gasteiger partial charge in [0, 0.05) is 53.9 Å². The SMILES string of the molecule is CO[C@H]1CN(C(C)=O)CCCN(C(=O)c2cncn2C)CCCCOC[C@H](O)[C@@H]1O. The minimum Gasteiger partial charge on any atom is -0.388 e. The number of hydrogen-bond donors (Lipinski definition) is 2. The molecule has 0 aromatic carbocycles. The summed E-state index contributed by atoms with van der Waals surface area (Å²) in [5.41, 5.74) is 0.512. The van der Waals surface area contributed by atoms with Gasteiger partial charge in [0.2, 0.25) is 5.91 Å². The van der Waals surface area contributed by atoms with Crippen LogP contribution in [-0.2, 0) is 21.3 Å². The number of ether oxygens (including phenoxy) is 2. The lowest BCUT2D eigenvalue weighted by Gasteiger charge is -2.31. The third kappa shape index (κ3) is 6.76. The van der Waals surface area contributed by atoms with Crippen LogP contribution in [0, 0.1) is 0 Å². The van der Waals surface area contributed by atoms with E-state index in [0.29, 0.717) is 44.8 Å². The fourth-order valence-corrected chi connectivity index (χ4v) is 3.47. The average Bonchev–Trinajstić information content (AvgIpc) is 3.15. The molecule has 2 heterocycles. The molecule has 1 aliphatic heterocycles. The number of aliphatic hydroxyl groups excluding tert-OH is 2. The topological polar surface area (TPSA) is 117 Å². The molecular weight excluding hydrogens is 392 g/mol. The van der Waals surface area contributed by atoms with Crippen LogP contribution in [0.2, 0.25) is 0 Å². The Morgan fingerprint density at radius 3 is 2.50 bits per heavy atom. The Morgan fingerprint density at radius 1 is 1.17 bits per heavy atom. The Hall–Kier alpha value is -2.01. The van der Waals surface area contributed by atoms with Crippen LogP contribution >= 0.6 is 0 Å². The lowest BCUT2D eigenvalue weighted by molar-refractivity contribution is -0.136. The van der Waals surface area contributed by atoms with Crippen molar-refractivity contribution in [2.24, 2.45) is 7.05 Å². The molecule has 1 aromatic rings. The highest BCUT2D eigenvalue weighted by molar-refractivity contribution is 5.92. The van der Waals surface area contributed by atoms with Gasteiger partial charge in [-0.3, -0.25) is 9.59 Å². The van der Waals surface area contributed by atoms with Crippen LogP contribution in [0.4, 0.5) is 0 Å². The molecule has 1 fully saturated rings. The van der Waals surface area contributed by atoms with Gasteiger partial charge in [0.05, 0.1) is 19.1 Å². The number of amides is 2. The number of rotatable bonds is 2. The van der Waals surface area contributed by atoms with Gasteiger partial charge in [-0.2, -0.15) is 0 Å². The molecule has 2 N–H and O–H groups in total. The summed E-state index contributed by atoms with van der Waals surface area (Å²) in [4.78, 5) is 32.4. The Bertz CT molecular complexity index is 682. The molecule has 170 valence electrons. The number of aliphatic hydroxyl groups is 2. The normalized spacial score (nSPS) is 25.4. The summed E-state index contributed by atoms with van der Waals surface area (Å²) in [6, 6.07) is 0. The fourth-order valence-electron chi connectivity index (χ4n) is 3.47. The monoisotopic (exact) mass is 426 g/mol. The maximum Gasteiger partial charge on any atom is 0.272 e. The molecule has 0 bridgehead atoms. The first-order valence-corrected chi connectivity index (χ1v) is 10.3. The number of hydrogen-bond acceptors (Lipinski definition) is 7. The van der Waals surface area contributed by atoms with E-state index in [1.807, 2.05) is 0 Å². The number of imidazole rings is 1. The van der Waals surface area contributed by atoms with Crippen molar-refractivity contribution in [3.8, 4) is 0 Å². The maximum absolute atomic E-state index is 12.9. The van der Waals surface area contributed by atoms with Crippen LogP contribution in [0.1, 0.15) is 36.7 Å². The Labute approximate surface area is 177 Å². The first-order chi connectivity index (χ1) is 14.3. The van der Waals surface area contributed by atoms with E-state index in [1.165, 1.54) is 14.0 Å². The quantitative estimate of drug-likeness (QED) is 0.664. The minimum absolute atomic E-state index is 0.0290. The number of methoxy groups -OCH3 is 1. The van der Waals surface area contributed by atoms with Crippen molar-refractivity contribution < 1.29 is 29.3 Å². The van der Waals surface area contributed by atoms with Crippen LogP contribution in [-0.4, -0.2) is 106 Å². The van der Waals surface area contributed by atoms with Crippen LogP contribution in [0.3, 0.4) is 0 Å². The largest absolute Gasteiger partial charge is 0.388 e. The van der Waals surface area contributed by atoms with Crippen molar-refractivity contribution in [3.05, 3.63) is 18.2 Å². The predicted octanol–water partition coefficient (Wildman–Crippen LogP) is -0.352. The highest BCUT2D eigenvalue weighted by atomic mass is 16.5. The summed E-state index contributed by atoms with van der Waals surface area (Å²) in [6.07, 6.45) is 2.13. The van der Waals surface area contributed by atoms with Gasteiger partial charge in [-0.25, -0.2) is 4.98 Å². The Morgan fingerprint density at radius 2 is 1.87 bits per heavy atom. The van der Waals surface area contributed by atoms with Gasteiger partial charge in [0.15, 0.2) is 0 Å². The minimum atomic E-state index is -1.18. The van der Waals surface area contributed by atoms with Gasteiger partial charge in [-0.05, 0) is 19.3 Å². The predicted molar refractivity (Wildman–Crippen MR) is 109 cm³/mol. The highest BCUT2D eigenvalue weighted by Crippen LogP contribution is 2.11. The fraction of sp³-hybridized carbons (Fsp3) is 0.750. The molecule has 1 saturated heterocycles. The van der Waals surface area contributed by atoms with E-state index >= 15 is 0 Å². The molecule has 0 radical (unpaired) electrons. The molecule has 0 unspecified atom stereocenters. The van der Waals surface area contributed by atoms with Gasteiger partial charge in [-0.1, -0.05) is 0 Å². The number of carbonyl (C=O) groups is 2. The summed E-state index contributed by atoms with van der Waals surface area (Å²) < 4.78 is 12.5. The molecule has 1 aliphatic rings. The van der Waals surface area contributed by atoms with Gasteiger partial charge >= 0.3 is 0 Å². The van der Waals surface area contributed by atoms with Crippen molar-refractivity contribution in [1.82, 2.24) is 19.4 Å². The lowest BCUT2D eigenvalue weighted by Crippen LogP contribution is -2.48. The Balaban J connectivity index is 2.12. The second-order valence-corrected chi connectivity index (χ2v) is 7.61. The molecule has 3 atom stereocenters. The van der Waals surface area contributed by atoms with Gasteiger partial charge < -0.3 is 34.1 Å². The van der Waals surface area contributed by atoms with E-state index in [0.717, 1.165) is 6.42 Å². The van der Waals surface area contributed by atoms with E-state index < -0.39 is 18.3 Å². The van der Waals surface area contributed by atoms with Crippen molar-refractivity contribution in [2.45, 2.75) is 44.5 Å². The molecule has 30 heavy (non-hydrogen) atoms. The molecule has 1 aromatic heterocycles. The summed E-state index contributed by atoms with van der Waals surface area (Å²) in [6.45, 7) is 3.42. The zero-order valence-electron chi connectivity index (χ0n) is 18.1. The molecule has 2 amide bonds. The molecule has 10 nitrogen and oxygen atoms in total. The smallest absolute Gasteiger partial charge is 0.272 e. The first-order valence-electron chi connectivity index (χ1n) is 10.3. The van der Waals surface area contributed by atoms with Crippen molar-refractivity contribution >= 4 is 11.8 Å². The molecule has 10 heteroatoms. The van der Waals surface area contributed by atoms with Crippen molar-refractivity contribution in [3.63, 3.8) is 0 Å². The summed E-state index contributed by atoms with van der Waals surface area (Å²) in [7, 11) is 3.21. The van der Waals surface area contributed by atoms with Gasteiger partial charge in [0.1, 0.15) is 24.0 Å². The van der Waals surface area contributed by atoms with E-state index in [-0.39, 0.29) is 25.0 Å². The second-order valence-electron chi connectivity index (χ2n) is 7.61. The number of carbonyl (C=O) groups excluding carboxylic acids is 2. The highest BCUT2D eigenvalue weighted by Gasteiger charge is 2.29. The summed E-state index contributed by atoms with van der Waals surface area (Å²) in [5.74, 6) is -0.265.